The van der Waals surface area contributed by atoms with Gasteiger partial charge in [0.15, 0.2) is 0 Å². The second kappa shape index (κ2) is 9.32. The average Bonchev–Trinajstić information content (AvgIpc) is 2.65. The molecule has 3 rings (SSSR count). The summed E-state index contributed by atoms with van der Waals surface area (Å²) in [6.45, 7) is 1.89. The lowest BCUT2D eigenvalue weighted by Gasteiger charge is -2.49. The number of carbonyl (C=O) groups excluding carboxylic acids is 1. The minimum absolute atomic E-state index is 0.0154. The van der Waals surface area contributed by atoms with E-state index in [4.69, 9.17) is 9.47 Å². The fraction of sp³-hybridized carbons (Fsp3) is 0.650. The van der Waals surface area contributed by atoms with Gasteiger partial charge in [-0.05, 0) is 18.9 Å². The van der Waals surface area contributed by atoms with Gasteiger partial charge in [-0.15, -0.1) is 13.2 Å². The summed E-state index contributed by atoms with van der Waals surface area (Å²) in [7, 11) is 1.47. The van der Waals surface area contributed by atoms with Gasteiger partial charge in [0.2, 0.25) is 5.91 Å². The van der Waals surface area contributed by atoms with Crippen molar-refractivity contribution in [2.75, 3.05) is 33.4 Å². The Labute approximate surface area is 168 Å². The number of benzene rings is 1. The lowest BCUT2D eigenvalue weighted by atomic mass is 9.78. The molecule has 1 aliphatic carbocycles. The summed E-state index contributed by atoms with van der Waals surface area (Å²) in [5.41, 5.74) is -0.0719. The number of hydrogen-bond donors (Lipinski definition) is 1. The quantitative estimate of drug-likeness (QED) is 0.773. The molecular weight excluding hydrogens is 389 g/mol. The molecule has 0 aromatic heterocycles. The van der Waals surface area contributed by atoms with E-state index >= 15 is 0 Å². The first kappa shape index (κ1) is 21.9. The van der Waals surface area contributed by atoms with Crippen molar-refractivity contribution in [3.8, 4) is 5.75 Å². The summed E-state index contributed by atoms with van der Waals surface area (Å²) in [4.78, 5) is 14.1. The highest BCUT2D eigenvalue weighted by atomic mass is 19.4. The van der Waals surface area contributed by atoms with Crippen LogP contribution < -0.4 is 10.1 Å². The number of morpholine rings is 1. The Kier molecular flexibility index (Phi) is 7.02. The van der Waals surface area contributed by atoms with Crippen molar-refractivity contribution in [1.29, 1.82) is 0 Å². The number of halogens is 3. The minimum Gasteiger partial charge on any atom is -0.405 e. The first-order chi connectivity index (χ1) is 13.8. The van der Waals surface area contributed by atoms with Gasteiger partial charge in [-0.1, -0.05) is 31.0 Å². The van der Waals surface area contributed by atoms with Crippen LogP contribution in [-0.2, 0) is 20.8 Å². The number of nitrogens with one attached hydrogen (secondary N) is 1. The van der Waals surface area contributed by atoms with Crippen molar-refractivity contribution in [1.82, 2.24) is 10.2 Å². The number of para-hydroxylation sites is 1. The van der Waals surface area contributed by atoms with Gasteiger partial charge in [-0.25, -0.2) is 0 Å². The molecule has 0 radical (unpaired) electrons. The molecule has 2 fully saturated rings. The fourth-order valence-electron chi connectivity index (χ4n) is 4.26. The number of carbonyl (C=O) groups is 1. The smallest absolute Gasteiger partial charge is 0.405 e. The summed E-state index contributed by atoms with van der Waals surface area (Å²) < 4.78 is 53.4. The molecule has 2 aliphatic rings. The fourth-order valence-corrected chi connectivity index (χ4v) is 4.26. The average molecular weight is 416 g/mol. The standard InChI is InChI=1S/C20H27F3N2O4/c1-27-13-18(26)24-17-8-4-5-9-19(17)14-25(10-11-28-19)12-15-6-2-3-7-16(15)29-20(21,22)23/h2-3,6-7,17H,4-5,8-14H2,1H3,(H,24,26)/t17-,19-/m0/s1. The predicted octanol–water partition coefficient (Wildman–Crippen LogP) is 2.86. The van der Waals surface area contributed by atoms with E-state index in [1.165, 1.54) is 19.2 Å². The first-order valence-corrected chi connectivity index (χ1v) is 9.79. The normalized spacial score (nSPS) is 25.7. The van der Waals surface area contributed by atoms with Crippen molar-refractivity contribution in [2.24, 2.45) is 0 Å². The van der Waals surface area contributed by atoms with Crippen LogP contribution in [-0.4, -0.2) is 62.2 Å². The Bertz CT molecular complexity index is 697. The Hall–Kier alpha value is -1.84. The molecule has 1 heterocycles. The highest BCUT2D eigenvalue weighted by Gasteiger charge is 2.46. The monoisotopic (exact) mass is 416 g/mol. The van der Waals surface area contributed by atoms with Crippen LogP contribution in [0.15, 0.2) is 24.3 Å². The Morgan fingerprint density at radius 1 is 1.34 bits per heavy atom. The topological polar surface area (TPSA) is 60.0 Å². The van der Waals surface area contributed by atoms with Gasteiger partial charge in [-0.2, -0.15) is 0 Å². The van der Waals surface area contributed by atoms with Crippen LogP contribution in [0.4, 0.5) is 13.2 Å². The maximum Gasteiger partial charge on any atom is 0.573 e. The van der Waals surface area contributed by atoms with Gasteiger partial charge in [0.05, 0.1) is 12.6 Å². The third-order valence-corrected chi connectivity index (χ3v) is 5.47. The first-order valence-electron chi connectivity index (χ1n) is 9.79. The SMILES string of the molecule is COCC(=O)N[C@H]1CCCC[C@]12CN(Cc1ccccc1OC(F)(F)F)CCO2. The molecule has 0 unspecified atom stereocenters. The maximum absolute atomic E-state index is 12.7. The number of rotatable bonds is 6. The van der Waals surface area contributed by atoms with Crippen molar-refractivity contribution in [2.45, 2.75) is 50.2 Å². The molecule has 29 heavy (non-hydrogen) atoms. The molecule has 1 saturated heterocycles. The largest absolute Gasteiger partial charge is 0.573 e. The zero-order valence-corrected chi connectivity index (χ0v) is 16.5. The summed E-state index contributed by atoms with van der Waals surface area (Å²) in [5.74, 6) is -0.377. The second-order valence-corrected chi connectivity index (χ2v) is 7.58. The highest BCUT2D eigenvalue weighted by molar-refractivity contribution is 5.77. The van der Waals surface area contributed by atoms with Gasteiger partial charge in [0, 0.05) is 32.3 Å². The Balaban J connectivity index is 1.72. The third kappa shape index (κ3) is 5.83. The molecule has 1 saturated carbocycles. The lowest BCUT2D eigenvalue weighted by molar-refractivity contribution is -0.275. The van der Waals surface area contributed by atoms with Gasteiger partial charge in [0.1, 0.15) is 18.0 Å². The van der Waals surface area contributed by atoms with Crippen molar-refractivity contribution in [3.05, 3.63) is 29.8 Å². The molecular formula is C20H27F3N2O4. The summed E-state index contributed by atoms with van der Waals surface area (Å²) in [6.07, 6.45) is -1.16. The Morgan fingerprint density at radius 2 is 2.14 bits per heavy atom. The molecule has 1 aliphatic heterocycles. The molecule has 1 aromatic rings. The van der Waals surface area contributed by atoms with E-state index in [9.17, 15) is 18.0 Å². The summed E-state index contributed by atoms with van der Waals surface area (Å²) >= 11 is 0. The van der Waals surface area contributed by atoms with E-state index in [0.717, 1.165) is 25.7 Å². The zero-order chi connectivity index (χ0) is 20.9. The van der Waals surface area contributed by atoms with Gasteiger partial charge in [-0.3, -0.25) is 9.69 Å². The number of ether oxygens (including phenoxy) is 3. The van der Waals surface area contributed by atoms with Crippen molar-refractivity contribution < 1.29 is 32.2 Å². The van der Waals surface area contributed by atoms with Crippen LogP contribution in [0.3, 0.4) is 0 Å². The van der Waals surface area contributed by atoms with Gasteiger partial charge < -0.3 is 19.5 Å². The molecule has 9 heteroatoms. The van der Waals surface area contributed by atoms with Crippen LogP contribution in [0.1, 0.15) is 31.2 Å². The predicted molar refractivity (Wildman–Crippen MR) is 99.4 cm³/mol. The lowest BCUT2D eigenvalue weighted by Crippen LogP contribution is -2.64. The number of methoxy groups -OCH3 is 1. The maximum atomic E-state index is 12.7. The molecule has 1 spiro atoms. The number of nitrogens with zero attached hydrogens (tertiary/aromatic N) is 1. The molecule has 6 nitrogen and oxygen atoms in total. The van der Waals surface area contributed by atoms with E-state index in [2.05, 4.69) is 15.0 Å². The van der Waals surface area contributed by atoms with Crippen LogP contribution in [0.25, 0.3) is 0 Å². The molecule has 2 atom stereocenters. The number of alkyl halides is 3. The Morgan fingerprint density at radius 3 is 2.90 bits per heavy atom. The zero-order valence-electron chi connectivity index (χ0n) is 16.5. The molecule has 1 amide bonds. The van der Waals surface area contributed by atoms with Crippen LogP contribution >= 0.6 is 0 Å². The van der Waals surface area contributed by atoms with Gasteiger partial charge in [0.25, 0.3) is 0 Å². The molecule has 162 valence electrons. The van der Waals surface area contributed by atoms with Gasteiger partial charge >= 0.3 is 6.36 Å². The second-order valence-electron chi connectivity index (χ2n) is 7.58. The van der Waals surface area contributed by atoms with E-state index in [1.807, 2.05) is 0 Å². The molecule has 0 bridgehead atoms. The van der Waals surface area contributed by atoms with Crippen LogP contribution in [0, 0.1) is 0 Å². The van der Waals surface area contributed by atoms with Crippen molar-refractivity contribution in [3.63, 3.8) is 0 Å². The third-order valence-electron chi connectivity index (χ3n) is 5.47. The van der Waals surface area contributed by atoms with E-state index in [0.29, 0.717) is 31.8 Å². The van der Waals surface area contributed by atoms with E-state index in [-0.39, 0.29) is 24.3 Å². The van der Waals surface area contributed by atoms with E-state index in [1.54, 1.807) is 12.1 Å². The van der Waals surface area contributed by atoms with E-state index < -0.39 is 12.0 Å². The summed E-state index contributed by atoms with van der Waals surface area (Å²) in [6, 6.07) is 6.04. The van der Waals surface area contributed by atoms with Crippen LogP contribution in [0.5, 0.6) is 5.75 Å². The minimum atomic E-state index is -4.73. The molecule has 1 N–H and O–H groups in total. The highest BCUT2D eigenvalue weighted by Crippen LogP contribution is 2.36. The van der Waals surface area contributed by atoms with Crippen LogP contribution in [0.2, 0.25) is 0 Å². The van der Waals surface area contributed by atoms with Crippen molar-refractivity contribution >= 4 is 5.91 Å². The number of amides is 1. The number of hydrogen-bond acceptors (Lipinski definition) is 5. The molecule has 1 aromatic carbocycles. The summed E-state index contributed by atoms with van der Waals surface area (Å²) in [5, 5.41) is 3.02.